The summed E-state index contributed by atoms with van der Waals surface area (Å²) in [6.07, 6.45) is 0. The summed E-state index contributed by atoms with van der Waals surface area (Å²) in [5, 5.41) is 0. The Hall–Kier alpha value is -0.160. The summed E-state index contributed by atoms with van der Waals surface area (Å²) in [5.41, 5.74) is 5.64. The van der Waals surface area contributed by atoms with Gasteiger partial charge in [0.1, 0.15) is 0 Å². The van der Waals surface area contributed by atoms with Gasteiger partial charge in [-0.25, -0.2) is 0 Å². The minimum absolute atomic E-state index is 0.310. The van der Waals surface area contributed by atoms with Crippen molar-refractivity contribution in [2.45, 2.75) is 13.0 Å². The molecule has 13 heavy (non-hydrogen) atoms. The van der Waals surface area contributed by atoms with Gasteiger partial charge in [-0.15, -0.1) is 0 Å². The average Bonchev–Trinajstić information content (AvgIpc) is 2.17. The molecule has 1 atom stereocenters. The Morgan fingerprint density at radius 3 is 2.38 bits per heavy atom. The highest BCUT2D eigenvalue weighted by Crippen LogP contribution is 1.98. The maximum absolute atomic E-state index is 5.64. The lowest BCUT2D eigenvalue weighted by molar-refractivity contribution is 0.0742. The molecule has 0 fully saturated rings. The molecule has 0 aliphatic heterocycles. The molecule has 0 aliphatic carbocycles. The van der Waals surface area contributed by atoms with Gasteiger partial charge in [0.2, 0.25) is 0 Å². The molecule has 0 aliphatic rings. The molecule has 0 amide bonds. The molecule has 2 N–H and O–H groups in total. The first-order valence-electron chi connectivity index (χ1n) is 4.72. The standard InChI is InChI=1S/C9H22N2O2/c1-4-11(5-6-12-2)9(7-10)8-13-3/h9H,4-8,10H2,1-3H3. The van der Waals surface area contributed by atoms with Crippen LogP contribution in [0.1, 0.15) is 6.92 Å². The van der Waals surface area contributed by atoms with Gasteiger partial charge in [0.05, 0.1) is 13.2 Å². The van der Waals surface area contributed by atoms with Crippen molar-refractivity contribution in [2.24, 2.45) is 5.73 Å². The number of hydrogen-bond donors (Lipinski definition) is 1. The highest BCUT2D eigenvalue weighted by atomic mass is 16.5. The van der Waals surface area contributed by atoms with Gasteiger partial charge in [-0.05, 0) is 6.54 Å². The topological polar surface area (TPSA) is 47.7 Å². The largest absolute Gasteiger partial charge is 0.383 e. The molecule has 0 aromatic rings. The minimum Gasteiger partial charge on any atom is -0.383 e. The van der Waals surface area contributed by atoms with Crippen LogP contribution < -0.4 is 5.73 Å². The van der Waals surface area contributed by atoms with Crippen LogP contribution >= 0.6 is 0 Å². The lowest BCUT2D eigenvalue weighted by atomic mass is 10.2. The zero-order valence-corrected chi connectivity index (χ0v) is 8.95. The van der Waals surface area contributed by atoms with Gasteiger partial charge >= 0.3 is 0 Å². The fraction of sp³-hybridized carbons (Fsp3) is 1.00. The number of hydrogen-bond acceptors (Lipinski definition) is 4. The third-order valence-electron chi connectivity index (χ3n) is 2.14. The monoisotopic (exact) mass is 190 g/mol. The molecule has 0 spiro atoms. The first-order chi connectivity index (χ1) is 6.29. The van der Waals surface area contributed by atoms with Gasteiger partial charge in [-0.2, -0.15) is 0 Å². The van der Waals surface area contributed by atoms with Crippen molar-refractivity contribution in [2.75, 3.05) is 47.1 Å². The smallest absolute Gasteiger partial charge is 0.0630 e. The first-order valence-corrected chi connectivity index (χ1v) is 4.72. The zero-order chi connectivity index (χ0) is 10.1. The Labute approximate surface area is 81.0 Å². The van der Waals surface area contributed by atoms with Gasteiger partial charge in [0.15, 0.2) is 0 Å². The van der Waals surface area contributed by atoms with E-state index in [4.69, 9.17) is 15.2 Å². The molecule has 0 aromatic heterocycles. The maximum atomic E-state index is 5.64. The first kappa shape index (κ1) is 12.8. The summed E-state index contributed by atoms with van der Waals surface area (Å²) in [5.74, 6) is 0. The molecule has 0 bridgehead atoms. The maximum Gasteiger partial charge on any atom is 0.0630 e. The fourth-order valence-corrected chi connectivity index (χ4v) is 1.32. The van der Waals surface area contributed by atoms with E-state index in [0.717, 1.165) is 19.7 Å². The number of nitrogens with two attached hydrogens (primary N) is 1. The van der Waals surface area contributed by atoms with E-state index in [9.17, 15) is 0 Å². The van der Waals surface area contributed by atoms with Crippen LogP contribution in [0.5, 0.6) is 0 Å². The van der Waals surface area contributed by atoms with E-state index in [0.29, 0.717) is 19.2 Å². The molecule has 0 radical (unpaired) electrons. The highest BCUT2D eigenvalue weighted by Gasteiger charge is 2.14. The van der Waals surface area contributed by atoms with Crippen molar-refractivity contribution in [3.63, 3.8) is 0 Å². The SMILES string of the molecule is CCN(CCOC)C(CN)COC. The van der Waals surface area contributed by atoms with E-state index in [2.05, 4.69) is 11.8 Å². The molecule has 0 heterocycles. The van der Waals surface area contributed by atoms with Crippen LogP contribution in [-0.4, -0.2) is 58.0 Å². The van der Waals surface area contributed by atoms with Crippen molar-refractivity contribution < 1.29 is 9.47 Å². The second-order valence-electron chi connectivity index (χ2n) is 2.97. The second-order valence-corrected chi connectivity index (χ2v) is 2.97. The van der Waals surface area contributed by atoms with Crippen LogP contribution in [0.3, 0.4) is 0 Å². The molecular weight excluding hydrogens is 168 g/mol. The lowest BCUT2D eigenvalue weighted by Gasteiger charge is -2.28. The van der Waals surface area contributed by atoms with Gasteiger partial charge in [-0.1, -0.05) is 6.92 Å². The van der Waals surface area contributed by atoms with Crippen LogP contribution in [0.25, 0.3) is 0 Å². The molecule has 4 nitrogen and oxygen atoms in total. The summed E-state index contributed by atoms with van der Waals surface area (Å²) < 4.78 is 10.1. The summed E-state index contributed by atoms with van der Waals surface area (Å²) in [7, 11) is 3.41. The Bertz CT molecular complexity index is 112. The van der Waals surface area contributed by atoms with Crippen LogP contribution in [0.15, 0.2) is 0 Å². The van der Waals surface area contributed by atoms with Gasteiger partial charge < -0.3 is 15.2 Å². The van der Waals surface area contributed by atoms with Crippen LogP contribution in [0.2, 0.25) is 0 Å². The second kappa shape index (κ2) is 8.44. The quantitative estimate of drug-likeness (QED) is 0.582. The molecule has 0 aromatic carbocycles. The van der Waals surface area contributed by atoms with E-state index in [1.165, 1.54) is 0 Å². The third-order valence-corrected chi connectivity index (χ3v) is 2.14. The molecule has 4 heteroatoms. The van der Waals surface area contributed by atoms with E-state index < -0.39 is 0 Å². The molecule has 1 unspecified atom stereocenters. The number of rotatable bonds is 8. The summed E-state index contributed by atoms with van der Waals surface area (Å²) in [6, 6.07) is 0.310. The lowest BCUT2D eigenvalue weighted by Crippen LogP contribution is -2.44. The van der Waals surface area contributed by atoms with Gasteiger partial charge in [0.25, 0.3) is 0 Å². The summed E-state index contributed by atoms with van der Waals surface area (Å²) in [4.78, 5) is 2.27. The predicted octanol–water partition coefficient (Wildman–Crippen LogP) is -0.0716. The van der Waals surface area contributed by atoms with E-state index in [1.54, 1.807) is 14.2 Å². The summed E-state index contributed by atoms with van der Waals surface area (Å²) in [6.45, 7) is 6.08. The average molecular weight is 190 g/mol. The van der Waals surface area contributed by atoms with Crippen molar-refractivity contribution in [1.82, 2.24) is 4.90 Å². The van der Waals surface area contributed by atoms with Crippen LogP contribution in [0.4, 0.5) is 0 Å². The van der Waals surface area contributed by atoms with Crippen molar-refractivity contribution >= 4 is 0 Å². The third kappa shape index (κ3) is 5.21. The van der Waals surface area contributed by atoms with Crippen molar-refractivity contribution in [1.29, 1.82) is 0 Å². The van der Waals surface area contributed by atoms with E-state index in [1.807, 2.05) is 0 Å². The summed E-state index contributed by atoms with van der Waals surface area (Å²) >= 11 is 0. The van der Waals surface area contributed by atoms with E-state index in [-0.39, 0.29) is 0 Å². The number of likely N-dealkylation sites (N-methyl/N-ethyl adjacent to an activating group) is 1. The predicted molar refractivity (Wildman–Crippen MR) is 53.8 cm³/mol. The normalized spacial score (nSPS) is 13.6. The number of nitrogens with zero attached hydrogens (tertiary/aromatic N) is 1. The van der Waals surface area contributed by atoms with Gasteiger partial charge in [0, 0.05) is 33.4 Å². The Morgan fingerprint density at radius 2 is 2.00 bits per heavy atom. The molecule has 80 valence electrons. The van der Waals surface area contributed by atoms with Crippen LogP contribution in [-0.2, 0) is 9.47 Å². The fourth-order valence-electron chi connectivity index (χ4n) is 1.32. The molecule has 0 saturated carbocycles. The molecular formula is C9H22N2O2. The highest BCUT2D eigenvalue weighted by molar-refractivity contribution is 4.70. The number of ether oxygens (including phenoxy) is 2. The van der Waals surface area contributed by atoms with E-state index >= 15 is 0 Å². The van der Waals surface area contributed by atoms with Crippen molar-refractivity contribution in [3.05, 3.63) is 0 Å². The van der Waals surface area contributed by atoms with Crippen LogP contribution in [0, 0.1) is 0 Å². The zero-order valence-electron chi connectivity index (χ0n) is 8.95. The Morgan fingerprint density at radius 1 is 1.31 bits per heavy atom. The Balaban J connectivity index is 3.84. The molecule has 0 rings (SSSR count). The Kier molecular flexibility index (Phi) is 8.33. The molecule has 0 saturated heterocycles. The number of methoxy groups -OCH3 is 2. The van der Waals surface area contributed by atoms with Gasteiger partial charge in [-0.3, -0.25) is 4.90 Å². The minimum atomic E-state index is 0.310. The van der Waals surface area contributed by atoms with Crippen molar-refractivity contribution in [3.8, 4) is 0 Å².